The molecule has 0 saturated carbocycles. The van der Waals surface area contributed by atoms with Gasteiger partial charge in [-0.3, -0.25) is 14.9 Å². The SMILES string of the molecule is O=C(Cc1ccc(F)c(F)c1)c1cc([N+](=O)[O-])ccc1Cl. The third-order valence-corrected chi connectivity index (χ3v) is 3.14. The molecular weight excluding hydrogens is 304 g/mol. The number of Topliss-reactive ketones (excluding diaryl/α,β-unsaturated/α-hetero) is 1. The van der Waals surface area contributed by atoms with Crippen molar-refractivity contribution in [3.63, 3.8) is 0 Å². The summed E-state index contributed by atoms with van der Waals surface area (Å²) in [5.74, 6) is -2.60. The van der Waals surface area contributed by atoms with E-state index in [0.717, 1.165) is 18.2 Å². The largest absolute Gasteiger partial charge is 0.294 e. The zero-order valence-corrected chi connectivity index (χ0v) is 11.2. The number of halogens is 3. The number of benzene rings is 2. The molecule has 0 radical (unpaired) electrons. The van der Waals surface area contributed by atoms with E-state index in [1.54, 1.807) is 0 Å². The molecule has 0 heterocycles. The highest BCUT2D eigenvalue weighted by molar-refractivity contribution is 6.34. The number of non-ortho nitro benzene ring substituents is 1. The molecule has 0 atom stereocenters. The predicted octanol–water partition coefficient (Wildman–Crippen LogP) is 3.95. The van der Waals surface area contributed by atoms with E-state index >= 15 is 0 Å². The minimum Gasteiger partial charge on any atom is -0.294 e. The molecule has 4 nitrogen and oxygen atoms in total. The Morgan fingerprint density at radius 1 is 1.14 bits per heavy atom. The highest BCUT2D eigenvalue weighted by atomic mass is 35.5. The van der Waals surface area contributed by atoms with Gasteiger partial charge in [0.15, 0.2) is 17.4 Å². The second-order valence-electron chi connectivity index (χ2n) is 4.27. The van der Waals surface area contributed by atoms with Crippen LogP contribution < -0.4 is 0 Å². The number of rotatable bonds is 4. The molecule has 2 aromatic rings. The van der Waals surface area contributed by atoms with Crippen molar-refractivity contribution < 1.29 is 18.5 Å². The van der Waals surface area contributed by atoms with Crippen molar-refractivity contribution in [3.8, 4) is 0 Å². The third-order valence-electron chi connectivity index (χ3n) is 2.81. The smallest absolute Gasteiger partial charge is 0.270 e. The van der Waals surface area contributed by atoms with Gasteiger partial charge in [0.25, 0.3) is 5.69 Å². The van der Waals surface area contributed by atoms with E-state index in [0.29, 0.717) is 0 Å². The van der Waals surface area contributed by atoms with Gasteiger partial charge in [0.2, 0.25) is 0 Å². The highest BCUT2D eigenvalue weighted by Crippen LogP contribution is 2.23. The first-order valence-electron chi connectivity index (χ1n) is 5.79. The molecule has 21 heavy (non-hydrogen) atoms. The van der Waals surface area contributed by atoms with Crippen LogP contribution in [-0.4, -0.2) is 10.7 Å². The summed E-state index contributed by atoms with van der Waals surface area (Å²) in [6.07, 6.45) is -0.238. The number of carbonyl (C=O) groups excluding carboxylic acids is 1. The van der Waals surface area contributed by atoms with Crippen molar-refractivity contribution in [1.82, 2.24) is 0 Å². The van der Waals surface area contributed by atoms with Crippen LogP contribution in [0.4, 0.5) is 14.5 Å². The standard InChI is InChI=1S/C14H8ClF2NO3/c15-11-3-2-9(18(20)21)7-10(11)14(19)6-8-1-4-12(16)13(17)5-8/h1-5,7H,6H2. The van der Waals surface area contributed by atoms with Crippen LogP contribution in [-0.2, 0) is 6.42 Å². The van der Waals surface area contributed by atoms with Crippen molar-refractivity contribution in [2.75, 3.05) is 0 Å². The summed E-state index contributed by atoms with van der Waals surface area (Å²) < 4.78 is 25.9. The fourth-order valence-electron chi connectivity index (χ4n) is 1.77. The lowest BCUT2D eigenvalue weighted by molar-refractivity contribution is -0.384. The maximum atomic E-state index is 13.1. The summed E-state index contributed by atoms with van der Waals surface area (Å²) in [6.45, 7) is 0. The highest BCUT2D eigenvalue weighted by Gasteiger charge is 2.16. The van der Waals surface area contributed by atoms with Gasteiger partial charge in [-0.1, -0.05) is 17.7 Å². The average molecular weight is 312 g/mol. The lowest BCUT2D eigenvalue weighted by Crippen LogP contribution is -2.06. The number of hydrogen-bond acceptors (Lipinski definition) is 3. The number of nitro benzene ring substituents is 1. The van der Waals surface area contributed by atoms with Gasteiger partial charge < -0.3 is 0 Å². The Kier molecular flexibility index (Phi) is 4.28. The van der Waals surface area contributed by atoms with Crippen LogP contribution in [0.2, 0.25) is 5.02 Å². The maximum absolute atomic E-state index is 13.1. The predicted molar refractivity (Wildman–Crippen MR) is 72.5 cm³/mol. The van der Waals surface area contributed by atoms with Crippen molar-refractivity contribution in [1.29, 1.82) is 0 Å². The monoisotopic (exact) mass is 311 g/mol. The number of carbonyl (C=O) groups is 1. The van der Waals surface area contributed by atoms with E-state index in [1.807, 2.05) is 0 Å². The Labute approximate surface area is 123 Å². The molecule has 0 fully saturated rings. The Balaban J connectivity index is 2.29. The van der Waals surface area contributed by atoms with E-state index < -0.39 is 22.3 Å². The van der Waals surface area contributed by atoms with Crippen LogP contribution in [0, 0.1) is 21.7 Å². The normalized spacial score (nSPS) is 10.4. The van der Waals surface area contributed by atoms with Crippen molar-refractivity contribution in [3.05, 3.63) is 74.3 Å². The van der Waals surface area contributed by atoms with E-state index in [9.17, 15) is 23.7 Å². The minimum absolute atomic E-state index is 0.0319. The Morgan fingerprint density at radius 2 is 1.86 bits per heavy atom. The topological polar surface area (TPSA) is 60.2 Å². The first-order chi connectivity index (χ1) is 9.88. The maximum Gasteiger partial charge on any atom is 0.270 e. The van der Waals surface area contributed by atoms with E-state index in [1.165, 1.54) is 18.2 Å². The molecular formula is C14H8ClF2NO3. The average Bonchev–Trinajstić information content (AvgIpc) is 2.43. The lowest BCUT2D eigenvalue weighted by atomic mass is 10.0. The van der Waals surface area contributed by atoms with E-state index in [-0.39, 0.29) is 28.3 Å². The summed E-state index contributed by atoms with van der Waals surface area (Å²) in [5.41, 5.74) is -0.0508. The van der Waals surface area contributed by atoms with Gasteiger partial charge in [-0.25, -0.2) is 8.78 Å². The van der Waals surface area contributed by atoms with Gasteiger partial charge in [0.1, 0.15) is 0 Å². The first-order valence-corrected chi connectivity index (χ1v) is 6.17. The van der Waals surface area contributed by atoms with Crippen LogP contribution in [0.5, 0.6) is 0 Å². The second-order valence-corrected chi connectivity index (χ2v) is 4.68. The van der Waals surface area contributed by atoms with Crippen LogP contribution in [0.15, 0.2) is 36.4 Å². The Morgan fingerprint density at radius 3 is 2.48 bits per heavy atom. The summed E-state index contributed by atoms with van der Waals surface area (Å²) in [5, 5.41) is 10.8. The van der Waals surface area contributed by atoms with Gasteiger partial charge in [0.05, 0.1) is 9.95 Å². The third kappa shape index (κ3) is 3.41. The molecule has 0 aromatic heterocycles. The second kappa shape index (κ2) is 5.97. The first kappa shape index (κ1) is 15.1. The molecule has 2 aromatic carbocycles. The number of nitro groups is 1. The van der Waals surface area contributed by atoms with Crippen LogP contribution in [0.25, 0.3) is 0 Å². The Bertz CT molecular complexity index is 734. The van der Waals surface area contributed by atoms with Crippen LogP contribution >= 0.6 is 11.6 Å². The van der Waals surface area contributed by atoms with Crippen molar-refractivity contribution >= 4 is 23.1 Å². The molecule has 0 bridgehead atoms. The Hall–Kier alpha value is -2.34. The van der Waals surface area contributed by atoms with Crippen molar-refractivity contribution in [2.24, 2.45) is 0 Å². The molecule has 108 valence electrons. The summed E-state index contributed by atoms with van der Waals surface area (Å²) >= 11 is 5.84. The molecule has 2 rings (SSSR count). The minimum atomic E-state index is -1.06. The zero-order valence-electron chi connectivity index (χ0n) is 10.5. The van der Waals surface area contributed by atoms with Gasteiger partial charge in [-0.05, 0) is 23.8 Å². The number of hydrogen-bond donors (Lipinski definition) is 0. The molecule has 0 N–H and O–H groups in total. The fraction of sp³-hybridized carbons (Fsp3) is 0.0714. The van der Waals surface area contributed by atoms with Gasteiger partial charge in [-0.2, -0.15) is 0 Å². The van der Waals surface area contributed by atoms with E-state index in [2.05, 4.69) is 0 Å². The lowest BCUT2D eigenvalue weighted by Gasteiger charge is -2.04. The van der Waals surface area contributed by atoms with E-state index in [4.69, 9.17) is 11.6 Å². The van der Waals surface area contributed by atoms with Gasteiger partial charge >= 0.3 is 0 Å². The molecule has 0 amide bonds. The fourth-order valence-corrected chi connectivity index (χ4v) is 1.99. The number of nitrogens with zero attached hydrogens (tertiary/aromatic N) is 1. The molecule has 0 aliphatic rings. The van der Waals surface area contributed by atoms with Gasteiger partial charge in [0, 0.05) is 24.1 Å². The molecule has 0 unspecified atom stereocenters. The molecule has 0 aliphatic carbocycles. The van der Waals surface area contributed by atoms with Crippen molar-refractivity contribution in [2.45, 2.75) is 6.42 Å². The molecule has 0 spiro atoms. The van der Waals surface area contributed by atoms with Gasteiger partial charge in [-0.15, -0.1) is 0 Å². The molecule has 0 saturated heterocycles. The molecule has 0 aliphatic heterocycles. The summed E-state index contributed by atoms with van der Waals surface area (Å²) in [6, 6.07) is 6.56. The van der Waals surface area contributed by atoms with Crippen LogP contribution in [0.1, 0.15) is 15.9 Å². The van der Waals surface area contributed by atoms with Crippen LogP contribution in [0.3, 0.4) is 0 Å². The molecule has 7 heteroatoms. The summed E-state index contributed by atoms with van der Waals surface area (Å²) in [7, 11) is 0. The summed E-state index contributed by atoms with van der Waals surface area (Å²) in [4.78, 5) is 22.1. The number of ketones is 1. The zero-order chi connectivity index (χ0) is 15.6. The quantitative estimate of drug-likeness (QED) is 0.488.